The molecule has 0 aliphatic rings. The molecule has 0 bridgehead atoms. The summed E-state index contributed by atoms with van der Waals surface area (Å²) in [6.45, 7) is 0. The molecule has 0 fully saturated rings. The molecule has 0 saturated carbocycles. The van der Waals surface area contributed by atoms with Crippen LogP contribution in [0.5, 0.6) is 0 Å². The van der Waals surface area contributed by atoms with Gasteiger partial charge in [0.1, 0.15) is 0 Å². The average molecular weight is 169 g/mol. The lowest BCUT2D eigenvalue weighted by Gasteiger charge is -1.91. The maximum absolute atomic E-state index is 12.0. The van der Waals surface area contributed by atoms with Gasteiger partial charge < -0.3 is 0 Å². The van der Waals surface area contributed by atoms with E-state index >= 15 is 0 Å². The van der Waals surface area contributed by atoms with E-state index in [1.54, 1.807) is 0 Å². The van der Waals surface area contributed by atoms with Gasteiger partial charge >= 0.3 is 0 Å². The van der Waals surface area contributed by atoms with Gasteiger partial charge in [-0.15, -0.1) is 0 Å². The van der Waals surface area contributed by atoms with Crippen molar-refractivity contribution in [2.75, 3.05) is 0 Å². The highest BCUT2D eigenvalue weighted by Crippen LogP contribution is 2.09. The molecule has 0 aromatic carbocycles. The molecule has 6 heteroatoms. The third kappa shape index (κ3) is 1.18. The summed E-state index contributed by atoms with van der Waals surface area (Å²) in [5.41, 5.74) is 0. The Labute approximate surface area is 58.7 Å². The van der Waals surface area contributed by atoms with E-state index in [1.165, 1.54) is 0 Å². The van der Waals surface area contributed by atoms with Crippen LogP contribution in [0.3, 0.4) is 0 Å². The molecule has 0 amide bonds. The maximum atomic E-state index is 12.0. The zero-order valence-corrected chi connectivity index (χ0v) is 5.16. The van der Waals surface area contributed by atoms with Crippen LogP contribution in [0.4, 0.5) is 13.2 Å². The van der Waals surface area contributed by atoms with Crippen molar-refractivity contribution in [2.45, 2.75) is 0 Å². The van der Waals surface area contributed by atoms with E-state index in [0.717, 1.165) is 0 Å². The highest BCUT2D eigenvalue weighted by molar-refractivity contribution is 6.29. The first-order valence-corrected chi connectivity index (χ1v) is 2.53. The molecule has 0 radical (unpaired) electrons. The molecule has 1 rings (SSSR count). The van der Waals surface area contributed by atoms with E-state index in [1.807, 2.05) is 0 Å². The standard InChI is InChI=1S/C4ClF3N2/c5-1-2(6)10-4(8)3(7)9-1. The molecule has 0 spiro atoms. The van der Waals surface area contributed by atoms with Crippen LogP contribution in [-0.4, -0.2) is 9.97 Å². The summed E-state index contributed by atoms with van der Waals surface area (Å²) >= 11 is 4.93. The first-order chi connectivity index (χ1) is 4.61. The number of nitrogens with zero attached hydrogens (tertiary/aromatic N) is 2. The fourth-order valence-electron chi connectivity index (χ4n) is 0.357. The molecule has 0 aliphatic carbocycles. The largest absolute Gasteiger partial charge is 0.271 e. The molecule has 1 aromatic heterocycles. The summed E-state index contributed by atoms with van der Waals surface area (Å²) in [4.78, 5) is 5.13. The summed E-state index contributed by atoms with van der Waals surface area (Å²) in [5, 5.41) is -0.779. The predicted octanol–water partition coefficient (Wildman–Crippen LogP) is 1.55. The van der Waals surface area contributed by atoms with Gasteiger partial charge in [0.25, 0.3) is 17.8 Å². The molecule has 0 atom stereocenters. The van der Waals surface area contributed by atoms with Crippen molar-refractivity contribution in [2.24, 2.45) is 0 Å². The quantitative estimate of drug-likeness (QED) is 0.587. The summed E-state index contributed by atoms with van der Waals surface area (Å²) in [6.07, 6.45) is 0. The van der Waals surface area contributed by atoms with Crippen molar-refractivity contribution in [3.63, 3.8) is 0 Å². The molecule has 0 saturated heterocycles. The molecule has 1 heterocycles. The van der Waals surface area contributed by atoms with E-state index in [2.05, 4.69) is 9.97 Å². The van der Waals surface area contributed by atoms with Gasteiger partial charge in [-0.2, -0.15) is 23.1 Å². The second kappa shape index (κ2) is 2.42. The Kier molecular flexibility index (Phi) is 1.76. The highest BCUT2D eigenvalue weighted by atomic mass is 35.5. The van der Waals surface area contributed by atoms with E-state index in [0.29, 0.717) is 0 Å². The van der Waals surface area contributed by atoms with Crippen LogP contribution in [0.15, 0.2) is 0 Å². The third-order valence-electron chi connectivity index (χ3n) is 0.733. The Bertz CT molecular complexity index is 215. The number of hydrogen-bond donors (Lipinski definition) is 0. The number of halogens is 4. The van der Waals surface area contributed by atoms with E-state index in [-0.39, 0.29) is 0 Å². The van der Waals surface area contributed by atoms with E-state index in [9.17, 15) is 13.2 Å². The summed E-state index contributed by atoms with van der Waals surface area (Å²) in [7, 11) is 0. The van der Waals surface area contributed by atoms with Gasteiger partial charge in [0.15, 0.2) is 5.15 Å². The Morgan fingerprint density at radius 2 is 1.40 bits per heavy atom. The second-order valence-electron chi connectivity index (χ2n) is 1.39. The van der Waals surface area contributed by atoms with Crippen molar-refractivity contribution in [1.29, 1.82) is 0 Å². The number of hydrogen-bond acceptors (Lipinski definition) is 2. The van der Waals surface area contributed by atoms with Crippen LogP contribution in [-0.2, 0) is 0 Å². The fourth-order valence-corrected chi connectivity index (χ4v) is 0.473. The fraction of sp³-hybridized carbons (Fsp3) is 0. The van der Waals surface area contributed by atoms with Crippen molar-refractivity contribution in [1.82, 2.24) is 9.97 Å². The molecule has 10 heavy (non-hydrogen) atoms. The Balaban J connectivity index is 3.28. The molecular formula is C4ClF3N2. The van der Waals surface area contributed by atoms with Crippen LogP contribution in [0.1, 0.15) is 0 Å². The Morgan fingerprint density at radius 3 is 1.90 bits per heavy atom. The van der Waals surface area contributed by atoms with Gasteiger partial charge in [0.05, 0.1) is 0 Å². The van der Waals surface area contributed by atoms with Crippen LogP contribution < -0.4 is 0 Å². The van der Waals surface area contributed by atoms with Crippen LogP contribution in [0, 0.1) is 17.8 Å². The van der Waals surface area contributed by atoms with Crippen molar-refractivity contribution in [3.05, 3.63) is 23.0 Å². The maximum Gasteiger partial charge on any atom is 0.271 e. The van der Waals surface area contributed by atoms with Crippen LogP contribution in [0.25, 0.3) is 0 Å². The number of aromatic nitrogens is 2. The monoisotopic (exact) mass is 168 g/mol. The van der Waals surface area contributed by atoms with E-state index in [4.69, 9.17) is 11.6 Å². The topological polar surface area (TPSA) is 25.8 Å². The highest BCUT2D eigenvalue weighted by Gasteiger charge is 2.10. The first kappa shape index (κ1) is 7.27. The molecule has 0 unspecified atom stereocenters. The lowest BCUT2D eigenvalue weighted by molar-refractivity contribution is 0.421. The molecule has 0 aliphatic heterocycles. The summed E-state index contributed by atoms with van der Waals surface area (Å²) in [5.74, 6) is -4.42. The lowest BCUT2D eigenvalue weighted by atomic mass is 10.7. The van der Waals surface area contributed by atoms with Gasteiger partial charge in [0.2, 0.25) is 0 Å². The Morgan fingerprint density at radius 1 is 0.900 bits per heavy atom. The average Bonchev–Trinajstić information content (AvgIpc) is 1.84. The minimum Gasteiger partial charge on any atom is -0.199 e. The molecule has 54 valence electrons. The minimum atomic E-state index is -1.60. The van der Waals surface area contributed by atoms with Gasteiger partial charge in [-0.05, 0) is 0 Å². The van der Waals surface area contributed by atoms with Crippen molar-refractivity contribution in [3.8, 4) is 0 Å². The normalized spacial score (nSPS) is 10.0. The lowest BCUT2D eigenvalue weighted by Crippen LogP contribution is -1.98. The van der Waals surface area contributed by atoms with Crippen LogP contribution in [0.2, 0.25) is 5.15 Å². The van der Waals surface area contributed by atoms with Gasteiger partial charge in [-0.25, -0.2) is 0 Å². The minimum absolute atomic E-state index is 0.779. The summed E-state index contributed by atoms with van der Waals surface area (Å²) in [6, 6.07) is 0. The molecule has 0 N–H and O–H groups in total. The Hall–Kier alpha value is -0.840. The third-order valence-corrected chi connectivity index (χ3v) is 0.974. The van der Waals surface area contributed by atoms with Crippen molar-refractivity contribution >= 4 is 11.6 Å². The first-order valence-electron chi connectivity index (χ1n) is 2.15. The number of rotatable bonds is 0. The second-order valence-corrected chi connectivity index (χ2v) is 1.74. The molecule has 2 nitrogen and oxygen atoms in total. The predicted molar refractivity (Wildman–Crippen MR) is 26.9 cm³/mol. The zero-order chi connectivity index (χ0) is 7.72. The smallest absolute Gasteiger partial charge is 0.199 e. The molecular weight excluding hydrogens is 169 g/mol. The van der Waals surface area contributed by atoms with Crippen molar-refractivity contribution < 1.29 is 13.2 Å². The van der Waals surface area contributed by atoms with Gasteiger partial charge in [-0.3, -0.25) is 0 Å². The summed E-state index contributed by atoms with van der Waals surface area (Å²) < 4.78 is 35.9. The molecule has 1 aromatic rings. The zero-order valence-electron chi connectivity index (χ0n) is 4.41. The SMILES string of the molecule is Fc1nc(F)c(Cl)nc1F. The van der Waals surface area contributed by atoms with Gasteiger partial charge in [0, 0.05) is 0 Å². The van der Waals surface area contributed by atoms with Crippen LogP contribution >= 0.6 is 11.6 Å². The van der Waals surface area contributed by atoms with Gasteiger partial charge in [-0.1, -0.05) is 11.6 Å². The van der Waals surface area contributed by atoms with E-state index < -0.39 is 23.0 Å².